The summed E-state index contributed by atoms with van der Waals surface area (Å²) in [7, 11) is 0. The van der Waals surface area contributed by atoms with E-state index < -0.39 is 0 Å². The molecule has 7 nitrogen and oxygen atoms in total. The number of rotatable bonds is 6. The SMILES string of the molecule is CCC(=O)NCC(=O)NCCN1C[C@@H](C)C[C@H]2O[C@]3(CC[C@H]4[C@@H]5CC6CC67C[C@@H](O)CC[C@]7(C)[C@H]5CC45CC53C)[C@H](C)[C@@H]21. The van der Waals surface area contributed by atoms with E-state index in [9.17, 15) is 14.7 Å². The Morgan fingerprint density at radius 1 is 0.977 bits per heavy atom. The summed E-state index contributed by atoms with van der Waals surface area (Å²) in [6.45, 7) is 14.6. The predicted octanol–water partition coefficient (Wildman–Crippen LogP) is 4.52. The zero-order chi connectivity index (χ0) is 30.2. The lowest BCUT2D eigenvalue weighted by atomic mass is 9.51. The molecular weight excluding hydrogens is 538 g/mol. The summed E-state index contributed by atoms with van der Waals surface area (Å²) in [5.41, 5.74) is 1.55. The first-order valence-electron chi connectivity index (χ1n) is 18.1. The van der Waals surface area contributed by atoms with Gasteiger partial charge in [0.1, 0.15) is 0 Å². The normalized spacial score (nSPS) is 55.7. The standard InChI is InChI=1S/C36H57N3O4/c1-6-29(41)38-18-30(42)37-11-12-39-19-21(2)13-28-31(39)22(3)36(43-28)10-8-26-25-14-23-15-34(23)16-24(40)7-9-32(34,4)27(25)17-35(26)20-33(35,36)5/h21-28,31,40H,6-20H2,1-5H3,(H,37,42)(H,38,41)/t21-,22+,23?,24-,25-,26-,27-,28+,31-,32+,33?,34?,35?,36+/m0/s1. The van der Waals surface area contributed by atoms with Gasteiger partial charge in [-0.2, -0.15) is 0 Å². The van der Waals surface area contributed by atoms with Crippen molar-refractivity contribution in [3.8, 4) is 0 Å². The highest BCUT2D eigenvalue weighted by Crippen LogP contribution is 2.90. The van der Waals surface area contributed by atoms with Gasteiger partial charge in [0, 0.05) is 43.4 Å². The maximum atomic E-state index is 12.4. The van der Waals surface area contributed by atoms with Gasteiger partial charge in [-0.15, -0.1) is 0 Å². The van der Waals surface area contributed by atoms with Crippen molar-refractivity contribution in [3.63, 3.8) is 0 Å². The number of fused-ring (bicyclic) bond motifs is 5. The van der Waals surface area contributed by atoms with Gasteiger partial charge in [0.25, 0.3) is 0 Å². The third-order valence-electron chi connectivity index (χ3n) is 16.2. The molecule has 2 saturated heterocycles. The lowest BCUT2D eigenvalue weighted by Crippen LogP contribution is -2.55. The van der Waals surface area contributed by atoms with Gasteiger partial charge in [-0.25, -0.2) is 0 Å². The van der Waals surface area contributed by atoms with Crippen molar-refractivity contribution >= 4 is 11.8 Å². The molecule has 2 heterocycles. The van der Waals surface area contributed by atoms with Gasteiger partial charge in [-0.1, -0.05) is 34.6 Å². The number of piperidine rings is 1. The summed E-state index contributed by atoms with van der Waals surface area (Å²) in [4.78, 5) is 26.6. The smallest absolute Gasteiger partial charge is 0.239 e. The van der Waals surface area contributed by atoms with Crippen molar-refractivity contribution < 1.29 is 19.4 Å². The van der Waals surface area contributed by atoms with Crippen molar-refractivity contribution in [1.29, 1.82) is 0 Å². The number of hydrogen-bond acceptors (Lipinski definition) is 5. The first-order valence-corrected chi connectivity index (χ1v) is 18.1. The number of hydrogen-bond donors (Lipinski definition) is 3. The van der Waals surface area contributed by atoms with Crippen LogP contribution in [0, 0.1) is 57.2 Å². The van der Waals surface area contributed by atoms with E-state index in [1.807, 2.05) is 0 Å². The Morgan fingerprint density at radius 2 is 1.79 bits per heavy atom. The zero-order valence-electron chi connectivity index (χ0n) is 27.4. The molecule has 3 spiro atoms. The number of amides is 2. The van der Waals surface area contributed by atoms with Crippen molar-refractivity contribution in [3.05, 3.63) is 0 Å². The largest absolute Gasteiger partial charge is 0.393 e. The second-order valence-electron chi connectivity index (χ2n) is 17.5. The minimum atomic E-state index is -0.107. The Balaban J connectivity index is 0.998. The third-order valence-corrected chi connectivity index (χ3v) is 16.2. The average Bonchev–Trinajstić information content (AvgIpc) is 3.75. The summed E-state index contributed by atoms with van der Waals surface area (Å²) in [5, 5.41) is 16.4. The fourth-order valence-corrected chi connectivity index (χ4v) is 14.2. The number of likely N-dealkylation sites (tertiary alicyclic amines) is 1. The number of nitrogens with zero attached hydrogens (tertiary/aromatic N) is 1. The molecule has 3 N–H and O–H groups in total. The Labute approximate surface area is 259 Å². The Hall–Kier alpha value is -1.18. The fourth-order valence-electron chi connectivity index (χ4n) is 14.2. The van der Waals surface area contributed by atoms with Crippen LogP contribution in [0.2, 0.25) is 0 Å². The number of nitrogens with one attached hydrogen (secondary N) is 2. The van der Waals surface area contributed by atoms with Crippen LogP contribution in [0.15, 0.2) is 0 Å². The van der Waals surface area contributed by atoms with Crippen LogP contribution < -0.4 is 10.6 Å². The second-order valence-corrected chi connectivity index (χ2v) is 17.5. The van der Waals surface area contributed by atoms with Gasteiger partial charge in [0.05, 0.1) is 24.4 Å². The van der Waals surface area contributed by atoms with Crippen LogP contribution in [0.3, 0.4) is 0 Å². The highest BCUT2D eigenvalue weighted by atomic mass is 16.5. The summed E-state index contributed by atoms with van der Waals surface area (Å²) >= 11 is 0. The van der Waals surface area contributed by atoms with Crippen molar-refractivity contribution in [2.75, 3.05) is 26.2 Å². The molecular formula is C36H57N3O4. The average molecular weight is 596 g/mol. The molecule has 8 aliphatic rings. The van der Waals surface area contributed by atoms with Crippen molar-refractivity contribution in [1.82, 2.24) is 15.5 Å². The first kappa shape index (κ1) is 29.2. The number of ether oxygens (including phenoxy) is 1. The Morgan fingerprint density at radius 3 is 2.58 bits per heavy atom. The molecule has 2 aliphatic heterocycles. The molecule has 6 aliphatic carbocycles. The van der Waals surface area contributed by atoms with Gasteiger partial charge in [0.15, 0.2) is 0 Å². The lowest BCUT2D eigenvalue weighted by Gasteiger charge is -2.54. The summed E-state index contributed by atoms with van der Waals surface area (Å²) in [6, 6.07) is 0.413. The van der Waals surface area contributed by atoms with Crippen LogP contribution in [0.5, 0.6) is 0 Å². The molecule has 0 radical (unpaired) electrons. The molecule has 240 valence electrons. The molecule has 0 aromatic heterocycles. The van der Waals surface area contributed by atoms with Gasteiger partial charge in [0.2, 0.25) is 11.8 Å². The van der Waals surface area contributed by atoms with E-state index in [1.54, 1.807) is 6.92 Å². The number of aliphatic hydroxyl groups is 1. The van der Waals surface area contributed by atoms with Crippen LogP contribution in [-0.4, -0.2) is 71.9 Å². The number of aliphatic hydroxyl groups excluding tert-OH is 1. The monoisotopic (exact) mass is 595 g/mol. The predicted molar refractivity (Wildman–Crippen MR) is 165 cm³/mol. The van der Waals surface area contributed by atoms with E-state index in [0.29, 0.717) is 47.1 Å². The maximum Gasteiger partial charge on any atom is 0.239 e. The zero-order valence-corrected chi connectivity index (χ0v) is 27.4. The van der Waals surface area contributed by atoms with Crippen LogP contribution in [-0.2, 0) is 14.3 Å². The van der Waals surface area contributed by atoms with E-state index in [2.05, 4.69) is 43.2 Å². The quantitative estimate of drug-likeness (QED) is 0.420. The Bertz CT molecular complexity index is 1190. The highest BCUT2D eigenvalue weighted by molar-refractivity contribution is 5.84. The van der Waals surface area contributed by atoms with Crippen LogP contribution in [0.25, 0.3) is 0 Å². The van der Waals surface area contributed by atoms with Crippen LogP contribution in [0.1, 0.15) is 105 Å². The van der Waals surface area contributed by atoms with Crippen LogP contribution >= 0.6 is 0 Å². The lowest BCUT2D eigenvalue weighted by molar-refractivity contribution is -0.148. The first-order chi connectivity index (χ1) is 20.4. The molecule has 14 atom stereocenters. The molecule has 8 fully saturated rings. The van der Waals surface area contributed by atoms with Crippen molar-refractivity contribution in [2.24, 2.45) is 57.2 Å². The molecule has 8 rings (SSSR count). The molecule has 0 aromatic rings. The number of carbonyl (C=O) groups excluding carboxylic acids is 2. The minimum Gasteiger partial charge on any atom is -0.393 e. The molecule has 43 heavy (non-hydrogen) atoms. The molecule has 2 amide bonds. The highest BCUT2D eigenvalue weighted by Gasteiger charge is 2.86. The van der Waals surface area contributed by atoms with Gasteiger partial charge in [-0.05, 0) is 110 Å². The molecule has 4 unspecified atom stereocenters. The fraction of sp³-hybridized carbons (Fsp3) is 0.944. The van der Waals surface area contributed by atoms with Gasteiger partial charge < -0.3 is 20.5 Å². The van der Waals surface area contributed by atoms with Gasteiger partial charge in [-0.3, -0.25) is 14.5 Å². The van der Waals surface area contributed by atoms with E-state index in [0.717, 1.165) is 56.0 Å². The molecule has 6 saturated carbocycles. The van der Waals surface area contributed by atoms with Crippen LogP contribution in [0.4, 0.5) is 0 Å². The Kier molecular flexibility index (Phi) is 6.42. The van der Waals surface area contributed by atoms with E-state index >= 15 is 0 Å². The topological polar surface area (TPSA) is 90.9 Å². The molecule has 7 heteroatoms. The van der Waals surface area contributed by atoms with E-state index in [-0.39, 0.29) is 41.6 Å². The van der Waals surface area contributed by atoms with E-state index in [1.165, 1.54) is 44.9 Å². The second kappa shape index (κ2) is 9.44. The van der Waals surface area contributed by atoms with Gasteiger partial charge >= 0.3 is 0 Å². The molecule has 0 aromatic carbocycles. The van der Waals surface area contributed by atoms with Crippen molar-refractivity contribution in [2.45, 2.75) is 129 Å². The summed E-state index contributed by atoms with van der Waals surface area (Å²) in [6.07, 6.45) is 13.2. The number of carbonyl (C=O) groups is 2. The maximum absolute atomic E-state index is 12.4. The van der Waals surface area contributed by atoms with E-state index in [4.69, 9.17) is 4.74 Å². The third kappa shape index (κ3) is 3.71. The molecule has 0 bridgehead atoms. The summed E-state index contributed by atoms with van der Waals surface area (Å²) < 4.78 is 7.49. The summed E-state index contributed by atoms with van der Waals surface area (Å²) in [5.74, 6) is 4.33. The minimum absolute atomic E-state index is 0.0351.